The molecule has 1 aliphatic heterocycles. The molecule has 0 bridgehead atoms. The first-order valence-corrected chi connectivity index (χ1v) is 40.8. The van der Waals surface area contributed by atoms with E-state index < -0.39 is 212 Å². The van der Waals surface area contributed by atoms with E-state index in [1.54, 1.807) is 56.3 Å². The number of nitrogens with zero attached hydrogens (tertiary/aromatic N) is 1. The van der Waals surface area contributed by atoms with E-state index in [0.29, 0.717) is 48.8 Å². The molecule has 14 amide bonds. The van der Waals surface area contributed by atoms with Crippen LogP contribution in [0.4, 0.5) is 0 Å². The molecule has 1 heterocycles. The van der Waals surface area contributed by atoms with E-state index in [2.05, 4.69) is 74.4 Å². The van der Waals surface area contributed by atoms with Crippen molar-refractivity contribution in [3.63, 3.8) is 0 Å². The number of aliphatic carboxylic acids is 2. The van der Waals surface area contributed by atoms with Crippen LogP contribution in [0, 0.1) is 11.3 Å². The van der Waals surface area contributed by atoms with Crippen LogP contribution in [0.3, 0.4) is 0 Å². The van der Waals surface area contributed by atoms with Crippen LogP contribution in [0.15, 0.2) is 78.9 Å². The number of nitrogens with one attached hydrogen (secondary N) is 15. The van der Waals surface area contributed by atoms with Gasteiger partial charge in [0.15, 0.2) is 5.96 Å². The highest BCUT2D eigenvalue weighted by Gasteiger charge is 2.41. The molecule has 0 saturated carbocycles. The molecular formula is C80H123N21O21. The third kappa shape index (κ3) is 36.8. The lowest BCUT2D eigenvalue weighted by Gasteiger charge is -2.30. The Balaban J connectivity index is 1.43. The van der Waals surface area contributed by atoms with Crippen molar-refractivity contribution in [3.8, 4) is 11.5 Å². The van der Waals surface area contributed by atoms with Crippen molar-refractivity contribution in [2.24, 2.45) is 34.6 Å². The number of aromatic hydroxyl groups is 2. The summed E-state index contributed by atoms with van der Waals surface area (Å²) in [6, 6.07) is 2.04. The zero-order valence-corrected chi connectivity index (χ0v) is 69.3. The van der Waals surface area contributed by atoms with Crippen LogP contribution in [-0.2, 0) is 96.0 Å². The molecule has 0 radical (unpaired) electrons. The molecule has 42 heteroatoms. The van der Waals surface area contributed by atoms with E-state index in [1.807, 2.05) is 0 Å². The molecule has 1 fully saturated rings. The number of carbonyl (C=O) groups excluding carboxylic acids is 14. The number of amides is 14. The minimum atomic E-state index is -1.78. The van der Waals surface area contributed by atoms with Crippen LogP contribution in [0.2, 0.25) is 0 Å². The van der Waals surface area contributed by atoms with Crippen LogP contribution < -0.4 is 103 Å². The van der Waals surface area contributed by atoms with Crippen LogP contribution >= 0.6 is 0 Å². The van der Waals surface area contributed by atoms with Gasteiger partial charge in [0.2, 0.25) is 82.7 Å². The third-order valence-corrected chi connectivity index (χ3v) is 20.1. The van der Waals surface area contributed by atoms with Gasteiger partial charge in [-0.2, -0.15) is 0 Å². The number of nitrogens with two attached hydrogens (primary N) is 5. The van der Waals surface area contributed by atoms with Crippen molar-refractivity contribution in [1.82, 2.24) is 79.3 Å². The second-order valence-electron chi connectivity index (χ2n) is 29.9. The number of carboxylic acids is 2. The molecule has 3 aromatic rings. The highest BCUT2D eigenvalue weighted by Crippen LogP contribution is 2.22. The van der Waals surface area contributed by atoms with Gasteiger partial charge in [-0.05, 0) is 177 Å². The molecule has 1 aliphatic rings. The van der Waals surface area contributed by atoms with E-state index in [1.165, 1.54) is 50.2 Å². The molecule has 0 spiro atoms. The molecule has 3 aromatic carbocycles. The Morgan fingerprint density at radius 1 is 0.459 bits per heavy atom. The largest absolute Gasteiger partial charge is 0.508 e. The second-order valence-corrected chi connectivity index (χ2v) is 29.9. The van der Waals surface area contributed by atoms with Gasteiger partial charge in [-0.15, -0.1) is 0 Å². The molecule has 4 rings (SSSR count). The van der Waals surface area contributed by atoms with Crippen molar-refractivity contribution in [1.29, 1.82) is 5.41 Å². The summed E-state index contributed by atoms with van der Waals surface area (Å²) in [5, 5.41) is 92.2. The summed E-state index contributed by atoms with van der Waals surface area (Å²) in [5.41, 5.74) is 30.4. The average Bonchev–Trinajstić information content (AvgIpc) is 1.64. The number of guanidine groups is 1. The molecule has 674 valence electrons. The molecule has 30 N–H and O–H groups in total. The van der Waals surface area contributed by atoms with Gasteiger partial charge in [0, 0.05) is 32.4 Å². The summed E-state index contributed by atoms with van der Waals surface area (Å²) < 4.78 is 0. The van der Waals surface area contributed by atoms with E-state index in [-0.39, 0.29) is 127 Å². The fourth-order valence-electron chi connectivity index (χ4n) is 12.9. The minimum Gasteiger partial charge on any atom is -0.508 e. The Morgan fingerprint density at radius 3 is 1.38 bits per heavy atom. The molecule has 42 nitrogen and oxygen atoms in total. The summed E-state index contributed by atoms with van der Waals surface area (Å²) in [4.78, 5) is 220. The summed E-state index contributed by atoms with van der Waals surface area (Å²) >= 11 is 0. The number of phenolic OH excluding ortho intramolecular Hbond substituents is 2. The van der Waals surface area contributed by atoms with Crippen molar-refractivity contribution < 1.29 is 102 Å². The van der Waals surface area contributed by atoms with Crippen molar-refractivity contribution in [2.45, 2.75) is 228 Å². The van der Waals surface area contributed by atoms with Gasteiger partial charge in [-0.3, -0.25) is 77.3 Å². The van der Waals surface area contributed by atoms with Gasteiger partial charge >= 0.3 is 11.9 Å². The minimum absolute atomic E-state index is 0.0142. The number of likely N-dealkylation sites (tertiary alicyclic amines) is 1. The number of benzene rings is 3. The Bertz CT molecular complexity index is 3980. The van der Waals surface area contributed by atoms with Crippen LogP contribution in [-0.4, -0.2) is 262 Å². The number of hydrogen-bond acceptors (Lipinski definition) is 24. The number of unbranched alkanes of at least 4 members (excludes halogenated alkanes) is 3. The fraction of sp³-hybridized carbons (Fsp3) is 0.562. The maximum atomic E-state index is 14.6. The molecule has 122 heavy (non-hydrogen) atoms. The number of carbonyl (C=O) groups is 16. The second kappa shape index (κ2) is 54.2. The normalized spacial score (nSPS) is 15.5. The van der Waals surface area contributed by atoms with Gasteiger partial charge in [-0.25, -0.2) is 4.79 Å². The summed E-state index contributed by atoms with van der Waals surface area (Å²) in [5.74, 6) is -16.4. The Labute approximate surface area is 707 Å². The van der Waals surface area contributed by atoms with Crippen molar-refractivity contribution >= 4 is 101 Å². The third-order valence-electron chi connectivity index (χ3n) is 20.1. The van der Waals surface area contributed by atoms with Crippen LogP contribution in [0.1, 0.15) is 147 Å². The standard InChI is InChI=1S/C80H123N21O21/c1-5-45(2)66(77(119)96-55(20-10-13-35-82)74(116)97-58(79(121)122)22-15-37-87-80(85)86)100-75(117)56(21-11-14-36-83)95-73(115)54(19-9-12-34-81)94-67(109)47(4)91-72(114)57(32-33-65(107)108)92-63(105)42-89-71(113)61(44-102)99-76(118)62-23-16-38-101(62)78(120)60(41-50-26-30-52(104)31-27-50)93-64(106)43-88-70(112)59(40-48-17-7-6-8-18-48)98-68(110)46(3)90-69(111)53(84)39-49-24-28-51(103)29-25-49/h6-8,17-18,24-31,45-47,53-62,66,102-104H,5,9-16,19-23,32-44,81-84H2,1-4H3,(H,88,112)(H,89,113)(H,90,111)(H,91,114)(H,92,105)(H,93,106)(H,94,109)(H,95,115)(H,96,119)(H,97,116)(H,98,110)(H,99,118)(H,100,117)(H,107,108)(H,121,122)(H4,85,86,87)/t45-,46-,47-,53-,54-,55-,56-,57-,58-,59-,60-,61-,62-,66-/m0/s1. The summed E-state index contributed by atoms with van der Waals surface area (Å²) in [7, 11) is 0. The fourth-order valence-corrected chi connectivity index (χ4v) is 12.9. The van der Waals surface area contributed by atoms with E-state index >= 15 is 0 Å². The number of hydrogen-bond donors (Lipinski definition) is 25. The maximum Gasteiger partial charge on any atom is 0.326 e. The van der Waals surface area contributed by atoms with Gasteiger partial charge in [0.05, 0.1) is 25.7 Å². The summed E-state index contributed by atoms with van der Waals surface area (Å²) in [6.07, 6.45) is 1.24. The van der Waals surface area contributed by atoms with E-state index in [4.69, 9.17) is 34.1 Å². The van der Waals surface area contributed by atoms with E-state index in [0.717, 1.165) is 4.90 Å². The number of aliphatic hydroxyl groups excluding tert-OH is 1. The van der Waals surface area contributed by atoms with Crippen LogP contribution in [0.25, 0.3) is 0 Å². The topological polar surface area (TPSA) is 700 Å². The molecule has 0 aliphatic carbocycles. The average molecular weight is 1710 g/mol. The molecule has 0 aromatic heterocycles. The zero-order valence-electron chi connectivity index (χ0n) is 69.3. The number of phenols is 2. The first-order valence-electron chi connectivity index (χ1n) is 40.8. The van der Waals surface area contributed by atoms with Crippen LogP contribution in [0.5, 0.6) is 11.5 Å². The van der Waals surface area contributed by atoms with Crippen molar-refractivity contribution in [3.05, 3.63) is 95.6 Å². The molecule has 1 saturated heterocycles. The molecular weight excluding hydrogens is 1590 g/mol. The number of aliphatic hydroxyl groups is 1. The molecule has 14 atom stereocenters. The highest BCUT2D eigenvalue weighted by atomic mass is 16.4. The van der Waals surface area contributed by atoms with Gasteiger partial charge in [0.1, 0.15) is 84.0 Å². The maximum absolute atomic E-state index is 14.6. The zero-order chi connectivity index (χ0) is 90.5. The monoisotopic (exact) mass is 1710 g/mol. The Kier molecular flexibility index (Phi) is 45.4. The van der Waals surface area contributed by atoms with Gasteiger partial charge in [-0.1, -0.05) is 74.9 Å². The first kappa shape index (κ1) is 102. The number of rotatable bonds is 56. The van der Waals surface area contributed by atoms with E-state index in [9.17, 15) is 102 Å². The predicted octanol–water partition coefficient (Wildman–Crippen LogP) is -5.31. The lowest BCUT2D eigenvalue weighted by atomic mass is 9.96. The SMILES string of the molecule is CC[C@H](C)[C@H](NC(=O)[C@H](CCCCN)NC(=O)[C@H](CCCCN)NC(=O)[C@H](C)NC(=O)[C@H](CCC(=O)O)NC(=O)CNC(=O)[C@H](CO)NC(=O)[C@@H]1CCCN1C(=O)[C@H](Cc1ccc(O)cc1)NC(=O)CNC(=O)[C@H](Cc1ccccc1)NC(=O)[C@H](C)NC(=O)[C@@H](N)Cc1ccc(O)cc1)C(=O)N[C@@H](CCCCN)C(=O)N[C@@H](CCCNC(=N)N)C(=O)O. The van der Waals surface area contributed by atoms with Gasteiger partial charge in [0.25, 0.3) is 0 Å². The quantitative estimate of drug-likeness (QED) is 0.0143. The summed E-state index contributed by atoms with van der Waals surface area (Å²) in [6.45, 7) is 3.95. The smallest absolute Gasteiger partial charge is 0.326 e. The van der Waals surface area contributed by atoms with Crippen molar-refractivity contribution in [2.75, 3.05) is 52.4 Å². The lowest BCUT2D eigenvalue weighted by Crippen LogP contribution is -2.60. The van der Waals surface area contributed by atoms with Gasteiger partial charge < -0.3 is 134 Å². The predicted molar refractivity (Wildman–Crippen MR) is 444 cm³/mol. The number of carboxylic acid groups (broad SMARTS) is 2. The lowest BCUT2D eigenvalue weighted by molar-refractivity contribution is -0.142. The Morgan fingerprint density at radius 2 is 0.885 bits per heavy atom. The first-order chi connectivity index (χ1) is 58.0. The highest BCUT2D eigenvalue weighted by molar-refractivity contribution is 6.00. The Hall–Kier alpha value is -12.1. The molecule has 0 unspecified atom stereocenters.